The summed E-state index contributed by atoms with van der Waals surface area (Å²) in [7, 11) is -9.23. The number of fused-ring (bicyclic) bond motifs is 9. The number of hydrogen-bond donors (Lipinski definition) is 1. The van der Waals surface area contributed by atoms with E-state index in [0.717, 1.165) is 18.0 Å². The van der Waals surface area contributed by atoms with Crippen LogP contribution in [0, 0.1) is 0 Å². The molecular weight excluding hydrogens is 816 g/mol. The second-order valence-electron chi connectivity index (χ2n) is 16.1. The first kappa shape index (κ1) is 43.2. The molecule has 18 heteroatoms. The Morgan fingerprint density at radius 2 is 0.774 bits per heavy atom. The minimum atomic E-state index is -4.64. The summed E-state index contributed by atoms with van der Waals surface area (Å²) in [5, 5.41) is 35.7. The normalized spacial score (nSPS) is 23.6. The molecule has 8 rings (SSSR count). The average molecular weight is 859 g/mol. The summed E-state index contributed by atoms with van der Waals surface area (Å²) >= 11 is 0.923. The van der Waals surface area contributed by atoms with Gasteiger partial charge in [0.25, 0.3) is 0 Å². The molecule has 0 fully saturated rings. The molecule has 62 heavy (non-hydrogen) atoms. The highest BCUT2D eigenvalue weighted by molar-refractivity contribution is 8.15. The summed E-state index contributed by atoms with van der Waals surface area (Å²) in [5.74, 6) is 0.127. The molecule has 3 aliphatic heterocycles. The van der Waals surface area contributed by atoms with Crippen LogP contribution in [-0.4, -0.2) is 53.3 Å². The van der Waals surface area contributed by atoms with Crippen molar-refractivity contribution in [1.29, 1.82) is 0 Å². The lowest BCUT2D eigenvalue weighted by atomic mass is 9.79. The lowest BCUT2D eigenvalue weighted by Crippen LogP contribution is -2.40. The van der Waals surface area contributed by atoms with Crippen molar-refractivity contribution >= 4 is 59.9 Å². The zero-order chi connectivity index (χ0) is 44.0. The van der Waals surface area contributed by atoms with Crippen LogP contribution in [-0.2, 0) is 39.4 Å². The van der Waals surface area contributed by atoms with E-state index < -0.39 is 24.9 Å². The molecule has 0 radical (unpaired) electrons. The van der Waals surface area contributed by atoms with Crippen molar-refractivity contribution < 1.29 is 42.3 Å². The predicted molar refractivity (Wildman–Crippen MR) is 239 cm³/mol. The number of thioether (sulfide) groups is 1. The van der Waals surface area contributed by atoms with Gasteiger partial charge in [-0.05, 0) is 23.0 Å². The van der Waals surface area contributed by atoms with Gasteiger partial charge in [0.15, 0.2) is 5.04 Å². The van der Waals surface area contributed by atoms with Crippen LogP contribution in [0.1, 0.15) is 74.9 Å². The molecule has 2 atom stereocenters. The first-order chi connectivity index (χ1) is 29.6. The number of halogens is 2. The Hall–Kier alpha value is -6.94. The van der Waals surface area contributed by atoms with Crippen LogP contribution < -0.4 is 0 Å². The highest BCUT2D eigenvalue weighted by atomic mass is 32.2. The van der Waals surface area contributed by atoms with Gasteiger partial charge in [0.1, 0.15) is 28.6 Å². The number of phenolic OH excluding ortho intramolecular Hbond substituents is 1. The molecule has 13 nitrogen and oxygen atoms in total. The number of benzene rings is 5. The number of nitrogens with zero attached hydrogens (tertiary/aromatic N) is 6. The van der Waals surface area contributed by atoms with Crippen LogP contribution in [0.3, 0.4) is 0 Å². The third kappa shape index (κ3) is 10.3. The summed E-state index contributed by atoms with van der Waals surface area (Å²) < 4.78 is 68.2. The smallest absolute Gasteiger partial charge is 0.510 e. The van der Waals surface area contributed by atoms with Crippen LogP contribution in [0.4, 0.5) is 8.63 Å². The molecule has 3 heterocycles. The van der Waals surface area contributed by atoms with E-state index >= 15 is 8.63 Å². The van der Waals surface area contributed by atoms with Crippen LogP contribution in [0.15, 0.2) is 169 Å². The van der Waals surface area contributed by atoms with Crippen molar-refractivity contribution in [2.24, 2.45) is 30.9 Å². The minimum Gasteiger partial charge on any atom is -0.510 e. The molecule has 0 saturated heterocycles. The molecule has 0 aromatic heterocycles. The van der Waals surface area contributed by atoms with E-state index in [-0.39, 0.29) is 33.6 Å². The number of phenols is 1. The first-order valence-electron chi connectivity index (χ1n) is 19.5. The number of oxime groups is 6. The summed E-state index contributed by atoms with van der Waals surface area (Å²) in [6.07, 6.45) is 0.933. The van der Waals surface area contributed by atoms with Crippen LogP contribution in [0.5, 0.6) is 5.75 Å². The van der Waals surface area contributed by atoms with Gasteiger partial charge in [-0.15, -0.1) is 30.9 Å². The molecule has 0 amide bonds. The second-order valence-corrected chi connectivity index (χ2v) is 17.2. The predicted octanol–water partition coefficient (Wildman–Crippen LogP) is 9.93. The van der Waals surface area contributed by atoms with E-state index in [4.69, 9.17) is 28.5 Å². The fourth-order valence-electron chi connectivity index (χ4n) is 6.16. The SMILES string of the molecule is CC(C)(C)c1cc(SC2=N\O[B-]3(F)ON=C(c4ccccc4)/C(c4ccccc4)=N/O[B-](F)(O\N=C\2)O/N=C(c2ccccc2)/C(c2ccccc2)=N/O3)cc(C(C)(C)C)c1O. The van der Waals surface area contributed by atoms with Crippen LogP contribution >= 0.6 is 11.8 Å². The fourth-order valence-corrected chi connectivity index (χ4v) is 6.93. The molecule has 318 valence electrons. The second kappa shape index (κ2) is 18.0. The lowest BCUT2D eigenvalue weighted by molar-refractivity contribution is 0.0223. The van der Waals surface area contributed by atoms with Gasteiger partial charge in [-0.2, -0.15) is 0 Å². The van der Waals surface area contributed by atoms with E-state index in [1.54, 1.807) is 133 Å². The van der Waals surface area contributed by atoms with Gasteiger partial charge in [0.2, 0.25) is 0 Å². The summed E-state index contributed by atoms with van der Waals surface area (Å²) in [6.45, 7) is 11.7. The third-order valence-electron chi connectivity index (χ3n) is 9.26. The maximum Gasteiger partial charge on any atom is 0.812 e. The largest absolute Gasteiger partial charge is 0.812 e. The lowest BCUT2D eigenvalue weighted by Gasteiger charge is -2.30. The number of rotatable bonds is 5. The fraction of sp³-hybridized carbons (Fsp3) is 0.182. The Morgan fingerprint density at radius 3 is 1.10 bits per heavy atom. The standard InChI is InChI=1S/C44H42B2F2N6O7S/c1-43(2,3)35-27-34(28-36(42(35)55)44(4,5)6)62-37-29-49-56-45(47)58-51-38(30-19-11-7-12-20-30)40(32-23-15-9-16-24-32)53-60-46(48,57-50-37)61-54-41(33-25-17-10-18-26-33)39(52-59-45)31-21-13-8-14-22-31/h7-29,55H,1-6H3/q-2/b49-29+,50-37-,51-38+,52-39+,53-40+,54-41?. The van der Waals surface area contributed by atoms with Gasteiger partial charge in [-0.1, -0.05) is 175 Å². The van der Waals surface area contributed by atoms with Crippen molar-refractivity contribution in [2.75, 3.05) is 0 Å². The Labute approximate surface area is 361 Å². The molecule has 0 spiro atoms. The Balaban J connectivity index is 1.45. The molecule has 1 N–H and O–H groups in total. The summed E-state index contributed by atoms with van der Waals surface area (Å²) in [4.78, 5) is 0.528. The van der Waals surface area contributed by atoms with E-state index in [1.165, 1.54) is 0 Å². The van der Waals surface area contributed by atoms with E-state index in [2.05, 4.69) is 30.9 Å². The molecule has 3 aliphatic rings. The average Bonchev–Trinajstić information content (AvgIpc) is 3.25. The maximum atomic E-state index is 17.6. The van der Waals surface area contributed by atoms with E-state index in [1.807, 2.05) is 41.5 Å². The van der Waals surface area contributed by atoms with Gasteiger partial charge in [-0.3, -0.25) is 0 Å². The summed E-state index contributed by atoms with van der Waals surface area (Å²) in [5.41, 5.74) is 0.977. The van der Waals surface area contributed by atoms with Gasteiger partial charge >= 0.3 is 14.1 Å². The van der Waals surface area contributed by atoms with Crippen LogP contribution in [0.25, 0.3) is 0 Å². The quantitative estimate of drug-likeness (QED) is 0.172. The van der Waals surface area contributed by atoms with Gasteiger partial charge < -0.3 is 42.3 Å². The zero-order valence-corrected chi connectivity index (χ0v) is 35.5. The van der Waals surface area contributed by atoms with Crippen molar-refractivity contribution in [3.63, 3.8) is 0 Å². The minimum absolute atomic E-state index is 0.127. The van der Waals surface area contributed by atoms with Crippen molar-refractivity contribution in [2.45, 2.75) is 57.3 Å². The number of hydrogen-bond acceptors (Lipinski definition) is 14. The highest BCUT2D eigenvalue weighted by Crippen LogP contribution is 2.42. The Bertz CT molecular complexity index is 2420. The van der Waals surface area contributed by atoms with Crippen molar-refractivity contribution in [3.8, 4) is 5.75 Å². The van der Waals surface area contributed by atoms with Crippen LogP contribution in [0.2, 0.25) is 0 Å². The molecule has 2 unspecified atom stereocenters. The third-order valence-corrected chi connectivity index (χ3v) is 10.1. The monoisotopic (exact) mass is 858 g/mol. The molecule has 5 aromatic rings. The molecule has 0 aliphatic carbocycles. The van der Waals surface area contributed by atoms with Gasteiger partial charge in [0, 0.05) is 38.3 Å². The topological polar surface area (TPSA) is 150 Å². The molecule has 2 bridgehead atoms. The molecular formula is C44H42B2F2N6O7S-2. The van der Waals surface area contributed by atoms with Gasteiger partial charge in [0.05, 0.1) is 6.21 Å². The number of aromatic hydroxyl groups is 1. The van der Waals surface area contributed by atoms with Crippen molar-refractivity contribution in [3.05, 3.63) is 167 Å². The molecule has 5 aromatic carbocycles. The van der Waals surface area contributed by atoms with E-state index in [0.29, 0.717) is 38.3 Å². The Morgan fingerprint density at radius 1 is 0.468 bits per heavy atom. The zero-order valence-electron chi connectivity index (χ0n) is 34.7. The van der Waals surface area contributed by atoms with Crippen molar-refractivity contribution in [1.82, 2.24) is 0 Å². The maximum absolute atomic E-state index is 17.6. The first-order valence-corrected chi connectivity index (χ1v) is 20.4. The summed E-state index contributed by atoms with van der Waals surface area (Å²) in [6, 6.07) is 37.1. The highest BCUT2D eigenvalue weighted by Gasteiger charge is 2.44. The van der Waals surface area contributed by atoms with E-state index in [9.17, 15) is 5.11 Å². The molecule has 0 saturated carbocycles. The Kier molecular flexibility index (Phi) is 12.5. The van der Waals surface area contributed by atoms with Gasteiger partial charge in [-0.25, -0.2) is 0 Å².